The Balaban J connectivity index is 2.07. The van der Waals surface area contributed by atoms with Crippen LogP contribution in [-0.2, 0) is 9.47 Å². The van der Waals surface area contributed by atoms with Crippen LogP contribution in [0.2, 0.25) is 0 Å². The summed E-state index contributed by atoms with van der Waals surface area (Å²) in [5.41, 5.74) is 0. The first-order chi connectivity index (χ1) is 8.86. The Bertz CT molecular complexity index is 179. The molecular weight excluding hydrogens is 228 g/mol. The zero-order valence-electron chi connectivity index (χ0n) is 11.9. The standard InChI is InChI=1S/C15H30O3/c1-2-7-14(8-3-4-11-16)9-5-10-15-17-12-6-13-18-15/h14-16H,2-13H2,1H3/t14-/m1/s1. The quantitative estimate of drug-likeness (QED) is 0.610. The molecule has 1 aliphatic heterocycles. The predicted molar refractivity (Wildman–Crippen MR) is 73.5 cm³/mol. The molecule has 0 aromatic rings. The van der Waals surface area contributed by atoms with Crippen molar-refractivity contribution in [3.05, 3.63) is 0 Å². The van der Waals surface area contributed by atoms with E-state index in [-0.39, 0.29) is 6.29 Å². The Hall–Kier alpha value is -0.120. The predicted octanol–water partition coefficient (Wildman–Crippen LogP) is 3.50. The normalized spacial score (nSPS) is 19.0. The van der Waals surface area contributed by atoms with Crippen molar-refractivity contribution in [2.45, 2.75) is 71.0 Å². The number of aliphatic hydroxyl groups excluding tert-OH is 1. The molecule has 0 saturated carbocycles. The number of unbranched alkanes of at least 4 members (excludes halogenated alkanes) is 1. The Morgan fingerprint density at radius 2 is 1.78 bits per heavy atom. The molecule has 1 heterocycles. The maximum absolute atomic E-state index is 8.82. The van der Waals surface area contributed by atoms with E-state index in [1.54, 1.807) is 0 Å². The van der Waals surface area contributed by atoms with E-state index in [0.29, 0.717) is 6.61 Å². The van der Waals surface area contributed by atoms with Gasteiger partial charge in [-0.15, -0.1) is 0 Å². The SMILES string of the molecule is CCC[C@H](CCCCO)CCCC1OCCCO1. The van der Waals surface area contributed by atoms with Crippen LogP contribution in [-0.4, -0.2) is 31.2 Å². The molecule has 1 aliphatic rings. The van der Waals surface area contributed by atoms with Gasteiger partial charge in [-0.25, -0.2) is 0 Å². The van der Waals surface area contributed by atoms with Gasteiger partial charge >= 0.3 is 0 Å². The molecule has 0 aromatic carbocycles. The van der Waals surface area contributed by atoms with Crippen molar-refractivity contribution in [3.63, 3.8) is 0 Å². The summed E-state index contributed by atoms with van der Waals surface area (Å²) in [6.45, 7) is 4.31. The van der Waals surface area contributed by atoms with Crippen LogP contribution < -0.4 is 0 Å². The second kappa shape index (κ2) is 10.8. The minimum atomic E-state index is 0.0541. The smallest absolute Gasteiger partial charge is 0.157 e. The fourth-order valence-corrected chi connectivity index (χ4v) is 2.66. The number of aliphatic hydroxyl groups is 1. The van der Waals surface area contributed by atoms with E-state index in [4.69, 9.17) is 14.6 Å². The van der Waals surface area contributed by atoms with Gasteiger partial charge in [-0.1, -0.05) is 39.0 Å². The molecule has 1 rings (SSSR count). The summed E-state index contributed by atoms with van der Waals surface area (Å²) in [4.78, 5) is 0. The number of hydrogen-bond acceptors (Lipinski definition) is 3. The Kier molecular flexibility index (Phi) is 9.54. The molecule has 1 N–H and O–H groups in total. The summed E-state index contributed by atoms with van der Waals surface area (Å²) in [5, 5.41) is 8.82. The lowest BCUT2D eigenvalue weighted by molar-refractivity contribution is -0.181. The minimum Gasteiger partial charge on any atom is -0.396 e. The molecule has 0 bridgehead atoms. The first kappa shape index (κ1) is 15.9. The van der Waals surface area contributed by atoms with Crippen molar-refractivity contribution in [3.8, 4) is 0 Å². The summed E-state index contributed by atoms with van der Waals surface area (Å²) in [6, 6.07) is 0. The van der Waals surface area contributed by atoms with Gasteiger partial charge in [-0.3, -0.25) is 0 Å². The third kappa shape index (κ3) is 7.34. The third-order valence-electron chi connectivity index (χ3n) is 3.67. The summed E-state index contributed by atoms with van der Waals surface area (Å²) in [5.74, 6) is 0.824. The zero-order chi connectivity index (χ0) is 13.1. The number of ether oxygens (including phenoxy) is 2. The van der Waals surface area contributed by atoms with Crippen molar-refractivity contribution >= 4 is 0 Å². The average molecular weight is 258 g/mol. The van der Waals surface area contributed by atoms with Gasteiger partial charge in [0, 0.05) is 6.61 Å². The molecule has 1 fully saturated rings. The van der Waals surface area contributed by atoms with E-state index >= 15 is 0 Å². The minimum absolute atomic E-state index is 0.0541. The maximum Gasteiger partial charge on any atom is 0.157 e. The van der Waals surface area contributed by atoms with Gasteiger partial charge in [-0.05, 0) is 31.6 Å². The molecule has 0 amide bonds. The molecule has 1 atom stereocenters. The third-order valence-corrected chi connectivity index (χ3v) is 3.67. The number of rotatable bonds is 10. The molecule has 0 unspecified atom stereocenters. The molecule has 0 aliphatic carbocycles. The maximum atomic E-state index is 8.82. The molecule has 0 aromatic heterocycles. The van der Waals surface area contributed by atoms with Gasteiger partial charge in [0.05, 0.1) is 13.2 Å². The topological polar surface area (TPSA) is 38.7 Å². The van der Waals surface area contributed by atoms with E-state index in [1.165, 1.54) is 32.1 Å². The van der Waals surface area contributed by atoms with E-state index in [9.17, 15) is 0 Å². The van der Waals surface area contributed by atoms with Crippen molar-refractivity contribution < 1.29 is 14.6 Å². The van der Waals surface area contributed by atoms with E-state index in [0.717, 1.165) is 44.8 Å². The van der Waals surface area contributed by atoms with E-state index < -0.39 is 0 Å². The van der Waals surface area contributed by atoms with Crippen LogP contribution in [0.1, 0.15) is 64.7 Å². The molecule has 1 saturated heterocycles. The van der Waals surface area contributed by atoms with Crippen molar-refractivity contribution in [2.24, 2.45) is 5.92 Å². The fourth-order valence-electron chi connectivity index (χ4n) is 2.66. The van der Waals surface area contributed by atoms with Gasteiger partial charge in [0.1, 0.15) is 0 Å². The summed E-state index contributed by atoms with van der Waals surface area (Å²) in [7, 11) is 0. The lowest BCUT2D eigenvalue weighted by Crippen LogP contribution is -2.24. The molecule has 108 valence electrons. The van der Waals surface area contributed by atoms with Crippen LogP contribution in [0.3, 0.4) is 0 Å². The molecule has 0 spiro atoms. The van der Waals surface area contributed by atoms with Gasteiger partial charge in [-0.2, -0.15) is 0 Å². The molecule has 3 nitrogen and oxygen atoms in total. The Labute approximate surface area is 112 Å². The van der Waals surface area contributed by atoms with Gasteiger partial charge in [0.2, 0.25) is 0 Å². The van der Waals surface area contributed by atoms with Crippen LogP contribution >= 0.6 is 0 Å². The lowest BCUT2D eigenvalue weighted by Gasteiger charge is -2.24. The summed E-state index contributed by atoms with van der Waals surface area (Å²) in [6.07, 6.45) is 10.6. The number of hydrogen-bond donors (Lipinski definition) is 1. The van der Waals surface area contributed by atoms with E-state index in [2.05, 4.69) is 6.92 Å². The summed E-state index contributed by atoms with van der Waals surface area (Å²) < 4.78 is 11.1. The molecule has 0 radical (unpaired) electrons. The summed E-state index contributed by atoms with van der Waals surface area (Å²) >= 11 is 0. The highest BCUT2D eigenvalue weighted by Gasteiger charge is 2.15. The van der Waals surface area contributed by atoms with Crippen LogP contribution in [0.25, 0.3) is 0 Å². The van der Waals surface area contributed by atoms with Crippen molar-refractivity contribution in [1.29, 1.82) is 0 Å². The monoisotopic (exact) mass is 258 g/mol. The van der Waals surface area contributed by atoms with Crippen molar-refractivity contribution in [2.75, 3.05) is 19.8 Å². The average Bonchev–Trinajstić information content (AvgIpc) is 2.40. The molecule has 3 heteroatoms. The largest absolute Gasteiger partial charge is 0.396 e. The lowest BCUT2D eigenvalue weighted by atomic mass is 9.92. The fraction of sp³-hybridized carbons (Fsp3) is 1.00. The van der Waals surface area contributed by atoms with Crippen LogP contribution in [0.4, 0.5) is 0 Å². The highest BCUT2D eigenvalue weighted by Crippen LogP contribution is 2.22. The first-order valence-corrected chi connectivity index (χ1v) is 7.71. The Morgan fingerprint density at radius 1 is 1.06 bits per heavy atom. The van der Waals surface area contributed by atoms with Crippen LogP contribution in [0.5, 0.6) is 0 Å². The van der Waals surface area contributed by atoms with Gasteiger partial charge in [0.25, 0.3) is 0 Å². The molecular formula is C15H30O3. The van der Waals surface area contributed by atoms with E-state index in [1.807, 2.05) is 0 Å². The van der Waals surface area contributed by atoms with Crippen molar-refractivity contribution in [1.82, 2.24) is 0 Å². The highest BCUT2D eigenvalue weighted by atomic mass is 16.7. The zero-order valence-corrected chi connectivity index (χ0v) is 11.9. The van der Waals surface area contributed by atoms with Gasteiger partial charge < -0.3 is 14.6 Å². The van der Waals surface area contributed by atoms with Gasteiger partial charge in [0.15, 0.2) is 6.29 Å². The second-order valence-corrected chi connectivity index (χ2v) is 5.33. The first-order valence-electron chi connectivity index (χ1n) is 7.71. The Morgan fingerprint density at radius 3 is 2.44 bits per heavy atom. The van der Waals surface area contributed by atoms with Crippen LogP contribution in [0.15, 0.2) is 0 Å². The molecule has 18 heavy (non-hydrogen) atoms. The second-order valence-electron chi connectivity index (χ2n) is 5.33. The highest BCUT2D eigenvalue weighted by molar-refractivity contribution is 4.61. The van der Waals surface area contributed by atoms with Crippen LogP contribution in [0, 0.1) is 5.92 Å².